The lowest BCUT2D eigenvalue weighted by Gasteiger charge is -2.14. The fourth-order valence-electron chi connectivity index (χ4n) is 2.47. The third-order valence-electron chi connectivity index (χ3n) is 3.74. The second kappa shape index (κ2) is 6.36. The van der Waals surface area contributed by atoms with E-state index in [0.717, 1.165) is 0 Å². The molecule has 1 aliphatic heterocycles. The number of rotatable bonds is 3. The van der Waals surface area contributed by atoms with Gasteiger partial charge in [-0.3, -0.25) is 4.40 Å². The summed E-state index contributed by atoms with van der Waals surface area (Å²) in [5.41, 5.74) is 6.97. The van der Waals surface area contributed by atoms with Gasteiger partial charge in [0.25, 0.3) is 6.43 Å². The van der Waals surface area contributed by atoms with Gasteiger partial charge in [0.1, 0.15) is 17.2 Å². The molecule has 4 heterocycles. The number of allylic oxidation sites excluding steroid dienone is 3. The Bertz CT molecular complexity index is 1050. The van der Waals surface area contributed by atoms with Gasteiger partial charge in [0, 0.05) is 30.5 Å². The summed E-state index contributed by atoms with van der Waals surface area (Å²) in [7, 11) is 0. The topological polar surface area (TPSA) is 85.2 Å². The van der Waals surface area contributed by atoms with Crippen LogP contribution < -0.4 is 10.6 Å². The van der Waals surface area contributed by atoms with Gasteiger partial charge in [-0.1, -0.05) is 0 Å². The van der Waals surface area contributed by atoms with Gasteiger partial charge in [-0.05, 0) is 24.3 Å². The maximum atomic E-state index is 12.9. The van der Waals surface area contributed by atoms with E-state index in [1.165, 1.54) is 23.0 Å². The average molecular weight is 353 g/mol. The molecule has 0 amide bonds. The zero-order chi connectivity index (χ0) is 18.1. The van der Waals surface area contributed by atoms with Crippen LogP contribution in [0.5, 0.6) is 0 Å². The van der Waals surface area contributed by atoms with Crippen molar-refractivity contribution in [2.45, 2.75) is 6.43 Å². The van der Waals surface area contributed by atoms with Gasteiger partial charge in [-0.25, -0.2) is 28.7 Å². The van der Waals surface area contributed by atoms with E-state index in [4.69, 9.17) is 5.73 Å². The van der Waals surface area contributed by atoms with Gasteiger partial charge in [0.05, 0.1) is 12.4 Å². The van der Waals surface area contributed by atoms with Crippen molar-refractivity contribution in [1.29, 1.82) is 0 Å². The van der Waals surface area contributed by atoms with Gasteiger partial charge in [-0.15, -0.1) is 0 Å². The Labute approximate surface area is 146 Å². The molecule has 0 saturated carbocycles. The molecule has 4 rings (SSSR count). The number of alkyl halides is 2. The first kappa shape index (κ1) is 15.9. The largest absolute Gasteiger partial charge is 0.399 e. The SMILES string of the molecule is NC1=CC=CN(c2ccnc(-c3cnc4cnc(C(F)F)cn34)n2)C=C1. The standard InChI is InChI=1S/C17H13F2N7/c18-16(19)12-10-26-13(8-23-15(26)9-22-12)17-21-5-3-14(24-17)25-6-1-2-11(20)4-7-25/h1-10,16H,20H2. The zero-order valence-corrected chi connectivity index (χ0v) is 13.4. The van der Waals surface area contributed by atoms with Crippen LogP contribution in [-0.2, 0) is 0 Å². The lowest BCUT2D eigenvalue weighted by Crippen LogP contribution is -2.09. The fourth-order valence-corrected chi connectivity index (χ4v) is 2.47. The predicted molar refractivity (Wildman–Crippen MR) is 92.0 cm³/mol. The summed E-state index contributed by atoms with van der Waals surface area (Å²) in [6.07, 6.45) is 11.9. The summed E-state index contributed by atoms with van der Waals surface area (Å²) >= 11 is 0. The van der Waals surface area contributed by atoms with Crippen molar-refractivity contribution in [1.82, 2.24) is 24.3 Å². The molecule has 0 bridgehead atoms. The van der Waals surface area contributed by atoms with Gasteiger partial charge < -0.3 is 10.6 Å². The summed E-state index contributed by atoms with van der Waals surface area (Å²) in [4.78, 5) is 18.4. The van der Waals surface area contributed by atoms with Gasteiger partial charge in [0.2, 0.25) is 0 Å². The first-order chi connectivity index (χ1) is 12.6. The molecular weight excluding hydrogens is 340 g/mol. The maximum absolute atomic E-state index is 12.9. The molecule has 3 aromatic rings. The minimum absolute atomic E-state index is 0.340. The smallest absolute Gasteiger partial charge is 0.281 e. The van der Waals surface area contributed by atoms with E-state index in [1.807, 2.05) is 0 Å². The van der Waals surface area contributed by atoms with E-state index in [1.54, 1.807) is 47.8 Å². The molecule has 3 aromatic heterocycles. The molecule has 26 heavy (non-hydrogen) atoms. The number of hydrogen-bond acceptors (Lipinski definition) is 6. The summed E-state index contributed by atoms with van der Waals surface area (Å²) in [6.45, 7) is 0. The Morgan fingerprint density at radius 1 is 1.08 bits per heavy atom. The minimum Gasteiger partial charge on any atom is -0.399 e. The highest BCUT2D eigenvalue weighted by atomic mass is 19.3. The monoisotopic (exact) mass is 353 g/mol. The van der Waals surface area contributed by atoms with Crippen molar-refractivity contribution in [2.24, 2.45) is 5.73 Å². The molecule has 0 atom stereocenters. The van der Waals surface area contributed by atoms with Crippen LogP contribution in [0.1, 0.15) is 12.1 Å². The molecule has 0 spiro atoms. The highest BCUT2D eigenvalue weighted by Crippen LogP contribution is 2.23. The van der Waals surface area contributed by atoms with Crippen LogP contribution in [0.3, 0.4) is 0 Å². The van der Waals surface area contributed by atoms with Gasteiger partial charge >= 0.3 is 0 Å². The molecule has 9 heteroatoms. The van der Waals surface area contributed by atoms with Crippen molar-refractivity contribution >= 4 is 11.5 Å². The van der Waals surface area contributed by atoms with E-state index in [0.29, 0.717) is 28.7 Å². The van der Waals surface area contributed by atoms with Crippen LogP contribution >= 0.6 is 0 Å². The second-order valence-corrected chi connectivity index (χ2v) is 5.45. The van der Waals surface area contributed by atoms with Crippen LogP contribution in [0.2, 0.25) is 0 Å². The Hall–Kier alpha value is -3.62. The van der Waals surface area contributed by atoms with Crippen molar-refractivity contribution < 1.29 is 8.78 Å². The normalized spacial score (nSPS) is 14.1. The molecule has 0 aliphatic carbocycles. The predicted octanol–water partition coefficient (Wildman–Crippen LogP) is 2.81. The Morgan fingerprint density at radius 2 is 1.96 bits per heavy atom. The summed E-state index contributed by atoms with van der Waals surface area (Å²) in [5, 5.41) is 0. The highest BCUT2D eigenvalue weighted by Gasteiger charge is 2.15. The number of anilines is 1. The lowest BCUT2D eigenvalue weighted by atomic mass is 10.4. The molecule has 2 N–H and O–H groups in total. The molecule has 130 valence electrons. The van der Waals surface area contributed by atoms with Gasteiger partial charge in [-0.2, -0.15) is 0 Å². The van der Waals surface area contributed by atoms with Crippen LogP contribution in [0.25, 0.3) is 17.2 Å². The molecule has 0 aromatic carbocycles. The molecule has 0 radical (unpaired) electrons. The number of nitrogens with zero attached hydrogens (tertiary/aromatic N) is 6. The average Bonchev–Trinajstić information content (AvgIpc) is 2.95. The van der Waals surface area contributed by atoms with Crippen LogP contribution in [0.4, 0.5) is 14.6 Å². The molecule has 1 aliphatic rings. The maximum Gasteiger partial charge on any atom is 0.281 e. The number of halogens is 2. The van der Waals surface area contributed by atoms with Crippen LogP contribution in [0, 0.1) is 0 Å². The summed E-state index contributed by atoms with van der Waals surface area (Å²) in [6, 6.07) is 1.73. The first-order valence-electron chi connectivity index (χ1n) is 7.67. The van der Waals surface area contributed by atoms with E-state index in [9.17, 15) is 8.78 Å². The van der Waals surface area contributed by atoms with Crippen molar-refractivity contribution in [3.05, 3.63) is 72.9 Å². The zero-order valence-electron chi connectivity index (χ0n) is 13.4. The number of aromatic nitrogens is 5. The highest BCUT2D eigenvalue weighted by molar-refractivity contribution is 5.59. The number of hydrogen-bond donors (Lipinski definition) is 1. The van der Waals surface area contributed by atoms with Crippen LogP contribution in [0.15, 0.2) is 67.2 Å². The van der Waals surface area contributed by atoms with Crippen molar-refractivity contribution in [2.75, 3.05) is 4.90 Å². The molecule has 0 unspecified atom stereocenters. The quantitative estimate of drug-likeness (QED) is 0.779. The molecule has 0 fully saturated rings. The number of fused-ring (bicyclic) bond motifs is 1. The Kier molecular flexibility index (Phi) is 3.88. The van der Waals surface area contributed by atoms with E-state index in [-0.39, 0.29) is 5.69 Å². The molecule has 0 saturated heterocycles. The summed E-state index contributed by atoms with van der Waals surface area (Å²) < 4.78 is 27.4. The molecule has 7 nitrogen and oxygen atoms in total. The first-order valence-corrected chi connectivity index (χ1v) is 7.67. The number of nitrogens with two attached hydrogens (primary N) is 1. The molecular formula is C17H13F2N7. The Morgan fingerprint density at radius 3 is 2.81 bits per heavy atom. The van der Waals surface area contributed by atoms with Crippen LogP contribution in [-0.4, -0.2) is 24.3 Å². The van der Waals surface area contributed by atoms with E-state index in [2.05, 4.69) is 19.9 Å². The Balaban J connectivity index is 1.76. The van der Waals surface area contributed by atoms with Crippen molar-refractivity contribution in [3.8, 4) is 11.5 Å². The van der Waals surface area contributed by atoms with E-state index < -0.39 is 6.43 Å². The third-order valence-corrected chi connectivity index (χ3v) is 3.74. The summed E-state index contributed by atoms with van der Waals surface area (Å²) in [5.74, 6) is 0.956. The number of imidazole rings is 1. The second-order valence-electron chi connectivity index (χ2n) is 5.45. The third kappa shape index (κ3) is 2.90. The fraction of sp³-hybridized carbons (Fsp3) is 0.0588. The van der Waals surface area contributed by atoms with Crippen molar-refractivity contribution in [3.63, 3.8) is 0 Å². The minimum atomic E-state index is -2.67. The lowest BCUT2D eigenvalue weighted by molar-refractivity contribution is 0.145. The van der Waals surface area contributed by atoms with Gasteiger partial charge in [0.15, 0.2) is 11.5 Å². The van der Waals surface area contributed by atoms with E-state index >= 15 is 0 Å².